The molecule has 7 nitrogen and oxygen atoms in total. The first-order valence-corrected chi connectivity index (χ1v) is 11.0. The summed E-state index contributed by atoms with van der Waals surface area (Å²) in [6.45, 7) is 11.9. The topological polar surface area (TPSA) is 70.6 Å². The largest absolute Gasteiger partial charge is 0.379 e. The molecule has 1 atom stereocenters. The van der Waals surface area contributed by atoms with E-state index in [1.165, 1.54) is 10.4 Å². The van der Waals surface area contributed by atoms with Crippen molar-refractivity contribution < 1.29 is 9.53 Å². The number of carbonyl (C=O) groups is 1. The molecule has 0 aromatic carbocycles. The van der Waals surface area contributed by atoms with Gasteiger partial charge >= 0.3 is 0 Å². The first kappa shape index (κ1) is 19.5. The molecular weight excluding hydrogens is 374 g/mol. The standard InChI is InChI=1S/C20H29N5O2S/c1-4-17(26)25-6-5-15(11-25)21-19-18-13(2)14(3)28-20(18)23-16(22-19)12-24-7-9-27-10-8-24/h15H,4-12H2,1-3H3,(H,21,22,23). The minimum Gasteiger partial charge on any atom is -0.379 e. The fraction of sp³-hybridized carbons (Fsp3) is 0.650. The molecule has 0 bridgehead atoms. The van der Waals surface area contributed by atoms with Crippen LogP contribution in [0.25, 0.3) is 10.2 Å². The Hall–Kier alpha value is -1.77. The van der Waals surface area contributed by atoms with E-state index in [1.54, 1.807) is 11.3 Å². The molecule has 152 valence electrons. The predicted octanol–water partition coefficient (Wildman–Crippen LogP) is 2.56. The van der Waals surface area contributed by atoms with Crippen LogP contribution in [0.3, 0.4) is 0 Å². The number of aryl methyl sites for hydroxylation is 2. The summed E-state index contributed by atoms with van der Waals surface area (Å²) in [7, 11) is 0. The lowest BCUT2D eigenvalue weighted by Gasteiger charge is -2.26. The number of rotatable bonds is 5. The number of nitrogens with zero attached hydrogens (tertiary/aromatic N) is 4. The second-order valence-electron chi connectivity index (χ2n) is 7.66. The van der Waals surface area contributed by atoms with Crippen LogP contribution in [0.4, 0.5) is 5.82 Å². The highest BCUT2D eigenvalue weighted by atomic mass is 32.1. The Balaban J connectivity index is 1.59. The van der Waals surface area contributed by atoms with E-state index in [9.17, 15) is 4.79 Å². The van der Waals surface area contributed by atoms with Crippen molar-refractivity contribution in [2.24, 2.45) is 0 Å². The van der Waals surface area contributed by atoms with Gasteiger partial charge in [0.05, 0.1) is 25.1 Å². The summed E-state index contributed by atoms with van der Waals surface area (Å²) in [6.07, 6.45) is 1.52. The number of likely N-dealkylation sites (tertiary alicyclic amines) is 1. The van der Waals surface area contributed by atoms with E-state index in [-0.39, 0.29) is 11.9 Å². The first-order chi connectivity index (χ1) is 13.5. The smallest absolute Gasteiger partial charge is 0.222 e. The Bertz CT molecular complexity index is 862. The summed E-state index contributed by atoms with van der Waals surface area (Å²) in [5.41, 5.74) is 1.25. The highest BCUT2D eigenvalue weighted by Crippen LogP contribution is 2.34. The molecule has 2 aromatic rings. The van der Waals surface area contributed by atoms with Crippen LogP contribution in [-0.4, -0.2) is 71.1 Å². The third-order valence-electron chi connectivity index (χ3n) is 5.73. The number of thiophene rings is 1. The van der Waals surface area contributed by atoms with Gasteiger partial charge in [-0.2, -0.15) is 0 Å². The van der Waals surface area contributed by atoms with Crippen LogP contribution >= 0.6 is 11.3 Å². The third-order valence-corrected chi connectivity index (χ3v) is 6.83. The molecule has 2 aromatic heterocycles. The molecule has 2 fully saturated rings. The van der Waals surface area contributed by atoms with Gasteiger partial charge in [-0.3, -0.25) is 9.69 Å². The van der Waals surface area contributed by atoms with E-state index >= 15 is 0 Å². The lowest BCUT2D eigenvalue weighted by atomic mass is 10.2. The number of morpholine rings is 1. The van der Waals surface area contributed by atoms with Gasteiger partial charge < -0.3 is 15.0 Å². The number of hydrogen-bond acceptors (Lipinski definition) is 7. The second-order valence-corrected chi connectivity index (χ2v) is 8.87. The number of carbonyl (C=O) groups excluding carboxylic acids is 1. The molecule has 0 radical (unpaired) electrons. The van der Waals surface area contributed by atoms with E-state index in [1.807, 2.05) is 11.8 Å². The Morgan fingerprint density at radius 1 is 1.25 bits per heavy atom. The van der Waals surface area contributed by atoms with Gasteiger partial charge in [-0.25, -0.2) is 9.97 Å². The van der Waals surface area contributed by atoms with Crippen molar-refractivity contribution >= 4 is 33.3 Å². The van der Waals surface area contributed by atoms with Gasteiger partial charge in [0.25, 0.3) is 0 Å². The molecule has 1 N–H and O–H groups in total. The lowest BCUT2D eigenvalue weighted by Crippen LogP contribution is -2.36. The summed E-state index contributed by atoms with van der Waals surface area (Å²) in [5.74, 6) is 2.01. The fourth-order valence-corrected chi connectivity index (χ4v) is 5.00. The number of nitrogens with one attached hydrogen (secondary N) is 1. The molecule has 2 aliphatic heterocycles. The SMILES string of the molecule is CCC(=O)N1CCC(Nc2nc(CN3CCOCC3)nc3sc(C)c(C)c23)C1. The van der Waals surface area contributed by atoms with Gasteiger partial charge in [-0.05, 0) is 25.8 Å². The van der Waals surface area contributed by atoms with E-state index in [2.05, 4.69) is 24.1 Å². The van der Waals surface area contributed by atoms with E-state index in [4.69, 9.17) is 14.7 Å². The molecule has 0 aliphatic carbocycles. The number of aromatic nitrogens is 2. The van der Waals surface area contributed by atoms with E-state index < -0.39 is 0 Å². The highest BCUT2D eigenvalue weighted by Gasteiger charge is 2.27. The predicted molar refractivity (Wildman–Crippen MR) is 112 cm³/mol. The maximum Gasteiger partial charge on any atom is 0.222 e. The zero-order valence-corrected chi connectivity index (χ0v) is 17.8. The minimum atomic E-state index is 0.229. The number of ether oxygens (including phenoxy) is 1. The van der Waals surface area contributed by atoms with Crippen LogP contribution in [-0.2, 0) is 16.1 Å². The monoisotopic (exact) mass is 403 g/mol. The minimum absolute atomic E-state index is 0.229. The Morgan fingerprint density at radius 2 is 2.04 bits per heavy atom. The van der Waals surface area contributed by atoms with Crippen molar-refractivity contribution in [1.29, 1.82) is 0 Å². The molecule has 4 heterocycles. The number of fused-ring (bicyclic) bond motifs is 1. The molecule has 4 rings (SSSR count). The maximum atomic E-state index is 12.0. The maximum absolute atomic E-state index is 12.0. The van der Waals surface area contributed by atoms with Crippen molar-refractivity contribution in [1.82, 2.24) is 19.8 Å². The molecule has 28 heavy (non-hydrogen) atoms. The Morgan fingerprint density at radius 3 is 2.79 bits per heavy atom. The second kappa shape index (κ2) is 8.31. The molecular formula is C20H29N5O2S. The van der Waals surface area contributed by atoms with Gasteiger partial charge in [0.1, 0.15) is 16.5 Å². The van der Waals surface area contributed by atoms with Crippen molar-refractivity contribution in [3.63, 3.8) is 0 Å². The van der Waals surface area contributed by atoms with Gasteiger partial charge in [0.2, 0.25) is 5.91 Å². The van der Waals surface area contributed by atoms with Crippen molar-refractivity contribution in [3.8, 4) is 0 Å². The van der Waals surface area contributed by atoms with Gasteiger partial charge in [-0.1, -0.05) is 6.92 Å². The van der Waals surface area contributed by atoms with Crippen molar-refractivity contribution in [3.05, 3.63) is 16.3 Å². The summed E-state index contributed by atoms with van der Waals surface area (Å²) in [4.78, 5) is 28.4. The zero-order valence-electron chi connectivity index (χ0n) is 17.0. The van der Waals surface area contributed by atoms with Crippen LogP contribution in [0.1, 0.15) is 36.0 Å². The number of hydrogen-bond donors (Lipinski definition) is 1. The normalized spacial score (nSPS) is 20.8. The molecule has 2 aliphatic rings. The van der Waals surface area contributed by atoms with Crippen LogP contribution in [0.2, 0.25) is 0 Å². The summed E-state index contributed by atoms with van der Waals surface area (Å²) >= 11 is 1.74. The highest BCUT2D eigenvalue weighted by molar-refractivity contribution is 7.18. The molecule has 1 amide bonds. The van der Waals surface area contributed by atoms with Gasteiger partial charge in [0.15, 0.2) is 0 Å². The Labute approximate surface area is 170 Å². The quantitative estimate of drug-likeness (QED) is 0.827. The zero-order chi connectivity index (χ0) is 19.7. The first-order valence-electron chi connectivity index (χ1n) is 10.2. The lowest BCUT2D eigenvalue weighted by molar-refractivity contribution is -0.129. The van der Waals surface area contributed by atoms with Crippen molar-refractivity contribution in [2.75, 3.05) is 44.7 Å². The molecule has 8 heteroatoms. The molecule has 2 saturated heterocycles. The van der Waals surface area contributed by atoms with Crippen LogP contribution in [0.5, 0.6) is 0 Å². The van der Waals surface area contributed by atoms with Gasteiger partial charge in [-0.15, -0.1) is 11.3 Å². The van der Waals surface area contributed by atoms with Crippen LogP contribution in [0, 0.1) is 13.8 Å². The summed E-state index contributed by atoms with van der Waals surface area (Å²) < 4.78 is 5.45. The van der Waals surface area contributed by atoms with E-state index in [0.29, 0.717) is 6.42 Å². The van der Waals surface area contributed by atoms with E-state index in [0.717, 1.165) is 74.2 Å². The Kier molecular flexibility index (Phi) is 5.80. The molecule has 0 spiro atoms. The van der Waals surface area contributed by atoms with Gasteiger partial charge in [0, 0.05) is 43.5 Å². The number of anilines is 1. The van der Waals surface area contributed by atoms with Crippen molar-refractivity contribution in [2.45, 2.75) is 46.2 Å². The third kappa shape index (κ3) is 3.99. The average Bonchev–Trinajstić information content (AvgIpc) is 3.27. The fourth-order valence-electron chi connectivity index (χ4n) is 3.95. The number of amides is 1. The summed E-state index contributed by atoms with van der Waals surface area (Å²) in [5, 5.41) is 4.78. The average molecular weight is 404 g/mol. The molecule has 1 unspecified atom stereocenters. The van der Waals surface area contributed by atoms with Crippen LogP contribution in [0.15, 0.2) is 0 Å². The molecule has 0 saturated carbocycles. The van der Waals surface area contributed by atoms with Crippen LogP contribution < -0.4 is 5.32 Å². The summed E-state index contributed by atoms with van der Waals surface area (Å²) in [6, 6.07) is 0.240.